The van der Waals surface area contributed by atoms with Crippen molar-refractivity contribution in [2.45, 2.75) is 33.2 Å². The molecule has 0 saturated heterocycles. The summed E-state index contributed by atoms with van der Waals surface area (Å²) in [6.07, 6.45) is 1.47. The van der Waals surface area contributed by atoms with Gasteiger partial charge in [-0.2, -0.15) is 0 Å². The first-order chi connectivity index (χ1) is 10.3. The molecule has 7 heteroatoms. The molecule has 22 heavy (non-hydrogen) atoms. The summed E-state index contributed by atoms with van der Waals surface area (Å²) in [5, 5.41) is 6.92. The maximum absolute atomic E-state index is 12.7. The van der Waals surface area contributed by atoms with E-state index in [4.69, 9.17) is 0 Å². The molecule has 3 rings (SSSR count). The van der Waals surface area contributed by atoms with Crippen molar-refractivity contribution in [1.82, 2.24) is 19.4 Å². The number of benzene rings is 1. The van der Waals surface area contributed by atoms with E-state index >= 15 is 0 Å². The number of H-pyrrole nitrogens is 1. The highest BCUT2D eigenvalue weighted by molar-refractivity contribution is 7.12. The summed E-state index contributed by atoms with van der Waals surface area (Å²) in [6, 6.07) is 3.54. The van der Waals surface area contributed by atoms with Crippen molar-refractivity contribution in [2.24, 2.45) is 0 Å². The highest BCUT2D eigenvalue weighted by Gasteiger charge is 2.24. The number of nitrogens with zero attached hydrogens (tertiary/aromatic N) is 3. The number of hydrogen-bond acceptors (Lipinski definition) is 5. The van der Waals surface area contributed by atoms with E-state index in [1.165, 1.54) is 22.4 Å². The molecule has 0 spiro atoms. The lowest BCUT2D eigenvalue weighted by molar-refractivity contribution is 0.103. The van der Waals surface area contributed by atoms with E-state index in [1.807, 2.05) is 33.8 Å². The number of fused-ring (bicyclic) bond motifs is 1. The SMILES string of the molecule is Cc1c(C(=O)c2c[nH]n(C(C)(C)C)c2=O)ccc2snnc12. The molecule has 0 aliphatic rings. The quantitative estimate of drug-likeness (QED) is 0.736. The second-order valence-corrected chi connectivity index (χ2v) is 6.97. The first-order valence-corrected chi connectivity index (χ1v) is 7.65. The molecular formula is C15H16N4O2S. The number of ketones is 1. The Morgan fingerprint density at radius 3 is 2.64 bits per heavy atom. The summed E-state index contributed by atoms with van der Waals surface area (Å²) in [7, 11) is 0. The van der Waals surface area contributed by atoms with Gasteiger partial charge in [0.15, 0.2) is 0 Å². The fourth-order valence-corrected chi connectivity index (χ4v) is 3.02. The van der Waals surface area contributed by atoms with E-state index in [1.54, 1.807) is 6.07 Å². The van der Waals surface area contributed by atoms with Crippen LogP contribution in [0.2, 0.25) is 0 Å². The van der Waals surface area contributed by atoms with Crippen LogP contribution in [0.5, 0.6) is 0 Å². The predicted molar refractivity (Wildman–Crippen MR) is 85.6 cm³/mol. The minimum absolute atomic E-state index is 0.139. The molecule has 0 fully saturated rings. The Hall–Kier alpha value is -2.28. The zero-order valence-electron chi connectivity index (χ0n) is 12.8. The van der Waals surface area contributed by atoms with Gasteiger partial charge in [-0.1, -0.05) is 4.49 Å². The first-order valence-electron chi connectivity index (χ1n) is 6.88. The summed E-state index contributed by atoms with van der Waals surface area (Å²) in [5.41, 5.74) is 1.36. The van der Waals surface area contributed by atoms with Gasteiger partial charge in [-0.15, -0.1) is 5.10 Å². The lowest BCUT2D eigenvalue weighted by atomic mass is 10.00. The summed E-state index contributed by atoms with van der Waals surface area (Å²) in [6.45, 7) is 7.53. The van der Waals surface area contributed by atoms with Crippen LogP contribution < -0.4 is 5.56 Å². The van der Waals surface area contributed by atoms with Crippen molar-refractivity contribution < 1.29 is 4.79 Å². The summed E-state index contributed by atoms with van der Waals surface area (Å²) >= 11 is 1.28. The molecule has 0 radical (unpaired) electrons. The number of carbonyl (C=O) groups is 1. The average molecular weight is 316 g/mol. The van der Waals surface area contributed by atoms with Gasteiger partial charge in [0.1, 0.15) is 11.1 Å². The third-order valence-corrected chi connectivity index (χ3v) is 4.29. The van der Waals surface area contributed by atoms with Crippen molar-refractivity contribution in [3.63, 3.8) is 0 Å². The van der Waals surface area contributed by atoms with E-state index in [0.717, 1.165) is 10.3 Å². The topological polar surface area (TPSA) is 80.6 Å². The lowest BCUT2D eigenvalue weighted by Gasteiger charge is -2.18. The number of aromatic amines is 1. The number of hydrogen-bond donors (Lipinski definition) is 1. The number of aromatic nitrogens is 4. The Morgan fingerprint density at radius 2 is 2.00 bits per heavy atom. The normalized spacial score (nSPS) is 12.0. The van der Waals surface area contributed by atoms with Crippen molar-refractivity contribution >= 4 is 27.5 Å². The second-order valence-electron chi connectivity index (χ2n) is 6.19. The van der Waals surface area contributed by atoms with Crippen molar-refractivity contribution in [2.75, 3.05) is 0 Å². The van der Waals surface area contributed by atoms with Gasteiger partial charge in [-0.3, -0.25) is 9.59 Å². The minimum atomic E-state index is -0.409. The molecule has 0 aliphatic carbocycles. The standard InChI is InChI=1S/C15H16N4O2S/c1-8-9(5-6-11-12(8)17-18-22-11)13(20)10-7-16-19(14(10)21)15(2,3)4/h5-7,16H,1-4H3. The highest BCUT2D eigenvalue weighted by Crippen LogP contribution is 2.23. The Morgan fingerprint density at radius 1 is 1.27 bits per heavy atom. The maximum atomic E-state index is 12.7. The second kappa shape index (κ2) is 4.88. The van der Waals surface area contributed by atoms with Crippen LogP contribution in [0.25, 0.3) is 10.2 Å². The third-order valence-electron chi connectivity index (χ3n) is 3.61. The summed E-state index contributed by atoms with van der Waals surface area (Å²) in [5.74, 6) is -0.295. The van der Waals surface area contributed by atoms with Gasteiger partial charge in [-0.05, 0) is 56.9 Å². The molecule has 114 valence electrons. The van der Waals surface area contributed by atoms with Gasteiger partial charge in [0.25, 0.3) is 5.56 Å². The van der Waals surface area contributed by atoms with Crippen LogP contribution in [0, 0.1) is 6.92 Å². The molecule has 2 aromatic heterocycles. The van der Waals surface area contributed by atoms with Crippen LogP contribution in [0.15, 0.2) is 23.1 Å². The number of carbonyl (C=O) groups excluding carboxylic acids is 1. The molecule has 6 nitrogen and oxygen atoms in total. The molecule has 1 N–H and O–H groups in total. The van der Waals surface area contributed by atoms with E-state index in [-0.39, 0.29) is 16.9 Å². The fraction of sp³-hybridized carbons (Fsp3) is 0.333. The van der Waals surface area contributed by atoms with Crippen molar-refractivity contribution in [1.29, 1.82) is 0 Å². The highest BCUT2D eigenvalue weighted by atomic mass is 32.1. The maximum Gasteiger partial charge on any atom is 0.278 e. The van der Waals surface area contributed by atoms with Crippen LogP contribution in [-0.4, -0.2) is 25.2 Å². The summed E-state index contributed by atoms with van der Waals surface area (Å²) < 4.78 is 6.28. The number of rotatable bonds is 2. The Balaban J connectivity index is 2.13. The van der Waals surface area contributed by atoms with E-state index < -0.39 is 5.54 Å². The van der Waals surface area contributed by atoms with Gasteiger partial charge in [-0.25, -0.2) is 4.68 Å². The van der Waals surface area contributed by atoms with Gasteiger partial charge < -0.3 is 5.10 Å². The molecule has 3 aromatic rings. The van der Waals surface area contributed by atoms with E-state index in [9.17, 15) is 9.59 Å². The van der Waals surface area contributed by atoms with Gasteiger partial charge in [0, 0.05) is 11.8 Å². The molecule has 2 heterocycles. The van der Waals surface area contributed by atoms with Crippen molar-refractivity contribution in [3.05, 3.63) is 45.4 Å². The first kappa shape index (κ1) is 14.6. The van der Waals surface area contributed by atoms with Crippen LogP contribution in [0.4, 0.5) is 0 Å². The lowest BCUT2D eigenvalue weighted by Crippen LogP contribution is -2.34. The monoisotopic (exact) mass is 316 g/mol. The van der Waals surface area contributed by atoms with Crippen molar-refractivity contribution in [3.8, 4) is 0 Å². The van der Waals surface area contributed by atoms with Crippen LogP contribution >= 0.6 is 11.5 Å². The average Bonchev–Trinajstić information content (AvgIpc) is 3.04. The molecule has 0 aliphatic heterocycles. The van der Waals surface area contributed by atoms with E-state index in [2.05, 4.69) is 14.7 Å². The molecule has 0 unspecified atom stereocenters. The molecule has 1 aromatic carbocycles. The molecule has 0 saturated carbocycles. The Kier molecular flexibility index (Phi) is 3.25. The zero-order valence-corrected chi connectivity index (χ0v) is 13.6. The fourth-order valence-electron chi connectivity index (χ4n) is 2.40. The molecule has 0 bridgehead atoms. The summed E-state index contributed by atoms with van der Waals surface area (Å²) in [4.78, 5) is 25.2. The smallest absolute Gasteiger partial charge is 0.278 e. The minimum Gasteiger partial charge on any atom is -0.302 e. The largest absolute Gasteiger partial charge is 0.302 e. The van der Waals surface area contributed by atoms with Crippen LogP contribution in [0.3, 0.4) is 0 Å². The Bertz CT molecular complexity index is 927. The zero-order chi connectivity index (χ0) is 16.1. The van der Waals surface area contributed by atoms with Gasteiger partial charge >= 0.3 is 0 Å². The number of aryl methyl sites for hydroxylation is 1. The predicted octanol–water partition coefficient (Wildman–Crippen LogP) is 2.48. The number of nitrogens with one attached hydrogen (secondary N) is 1. The molecule has 0 atom stereocenters. The van der Waals surface area contributed by atoms with Crippen LogP contribution in [-0.2, 0) is 5.54 Å². The third kappa shape index (κ3) is 2.18. The molecular weight excluding hydrogens is 300 g/mol. The van der Waals surface area contributed by atoms with Gasteiger partial charge in [0.2, 0.25) is 5.78 Å². The molecule has 0 amide bonds. The van der Waals surface area contributed by atoms with E-state index in [0.29, 0.717) is 11.1 Å². The Labute approximate surface area is 130 Å². The van der Waals surface area contributed by atoms with Crippen LogP contribution in [0.1, 0.15) is 42.3 Å². The van der Waals surface area contributed by atoms with Gasteiger partial charge in [0.05, 0.1) is 10.2 Å².